The third kappa shape index (κ3) is 5.23. The molecule has 1 unspecified atom stereocenters. The lowest BCUT2D eigenvalue weighted by Crippen LogP contribution is -2.35. The molecule has 1 N–H and O–H groups in total. The first-order valence-corrected chi connectivity index (χ1v) is 10.2. The van der Waals surface area contributed by atoms with Crippen molar-refractivity contribution in [2.45, 2.75) is 37.7 Å². The van der Waals surface area contributed by atoms with Crippen LogP contribution >= 0.6 is 0 Å². The molecule has 27 heavy (non-hydrogen) atoms. The van der Waals surface area contributed by atoms with Crippen LogP contribution < -0.4 is 9.46 Å². The summed E-state index contributed by atoms with van der Waals surface area (Å²) in [5, 5.41) is 0. The second-order valence-electron chi connectivity index (χ2n) is 6.72. The van der Waals surface area contributed by atoms with Gasteiger partial charge >= 0.3 is 6.18 Å². The molecule has 0 bridgehead atoms. The lowest BCUT2D eigenvalue weighted by molar-refractivity contribution is -0.137. The third-order valence-electron chi connectivity index (χ3n) is 4.31. The van der Waals surface area contributed by atoms with Crippen molar-refractivity contribution in [3.8, 4) is 5.75 Å². The van der Waals surface area contributed by atoms with E-state index in [0.29, 0.717) is 18.6 Å². The summed E-state index contributed by atoms with van der Waals surface area (Å²) >= 11 is 0. The van der Waals surface area contributed by atoms with E-state index in [-0.39, 0.29) is 11.8 Å². The fourth-order valence-electron chi connectivity index (χ4n) is 3.12. The van der Waals surface area contributed by atoms with Crippen molar-refractivity contribution >= 4 is 10.0 Å². The van der Waals surface area contributed by atoms with E-state index >= 15 is 0 Å². The Morgan fingerprint density at radius 1 is 1.11 bits per heavy atom. The predicted octanol–water partition coefficient (Wildman–Crippen LogP) is 3.69. The van der Waals surface area contributed by atoms with E-state index < -0.39 is 21.8 Å². The molecule has 0 saturated heterocycles. The molecule has 0 fully saturated rings. The van der Waals surface area contributed by atoms with Crippen molar-refractivity contribution in [3.05, 3.63) is 64.7 Å². The molecular weight excluding hydrogens is 379 g/mol. The van der Waals surface area contributed by atoms with Crippen LogP contribution in [0.3, 0.4) is 0 Å². The molecule has 2 aromatic carbocycles. The molecule has 0 spiro atoms. The maximum atomic E-state index is 12.6. The van der Waals surface area contributed by atoms with Crippen molar-refractivity contribution < 1.29 is 26.3 Å². The molecule has 1 aliphatic rings. The van der Waals surface area contributed by atoms with E-state index in [1.807, 2.05) is 18.2 Å². The maximum absolute atomic E-state index is 12.6. The Morgan fingerprint density at radius 3 is 2.44 bits per heavy atom. The van der Waals surface area contributed by atoms with E-state index in [0.717, 1.165) is 35.4 Å². The van der Waals surface area contributed by atoms with Crippen LogP contribution in [0.25, 0.3) is 0 Å². The minimum Gasteiger partial charge on any atom is -0.493 e. The molecule has 0 saturated carbocycles. The Bertz CT molecular complexity index is 909. The zero-order valence-corrected chi connectivity index (χ0v) is 15.5. The fourth-order valence-corrected chi connectivity index (χ4v) is 4.53. The van der Waals surface area contributed by atoms with Crippen LogP contribution in [0, 0.1) is 0 Å². The summed E-state index contributed by atoms with van der Waals surface area (Å²) in [6.07, 6.45) is -3.08. The summed E-state index contributed by atoms with van der Waals surface area (Å²) < 4.78 is 70.4. The van der Waals surface area contributed by atoms with Gasteiger partial charge in [-0.3, -0.25) is 0 Å². The average molecular weight is 399 g/mol. The quantitative estimate of drug-likeness (QED) is 0.806. The summed E-state index contributed by atoms with van der Waals surface area (Å²) in [4.78, 5) is 0. The van der Waals surface area contributed by atoms with Crippen LogP contribution in [0.5, 0.6) is 5.75 Å². The Hall–Kier alpha value is -2.06. The molecule has 0 aliphatic carbocycles. The van der Waals surface area contributed by atoms with Gasteiger partial charge in [0, 0.05) is 12.5 Å². The first kappa shape index (κ1) is 19.7. The summed E-state index contributed by atoms with van der Waals surface area (Å²) in [7, 11) is -3.67. The standard InChI is InChI=1S/C19H20F3NO3S/c1-13(10-15-4-7-18-16(11-15)8-9-26-18)23-27(24,25)12-14-2-5-17(6-3-14)19(20,21)22/h2-7,11,13,23H,8-10,12H2,1H3. The SMILES string of the molecule is CC(Cc1ccc2c(c1)CCO2)NS(=O)(=O)Cc1ccc(C(F)(F)F)cc1. The van der Waals surface area contributed by atoms with Gasteiger partial charge in [0.1, 0.15) is 5.75 Å². The van der Waals surface area contributed by atoms with Crippen LogP contribution in [-0.2, 0) is 34.8 Å². The van der Waals surface area contributed by atoms with Crippen LogP contribution in [0.15, 0.2) is 42.5 Å². The van der Waals surface area contributed by atoms with Crippen molar-refractivity contribution in [3.63, 3.8) is 0 Å². The van der Waals surface area contributed by atoms with Gasteiger partial charge in [0.25, 0.3) is 0 Å². The average Bonchev–Trinajstić information content (AvgIpc) is 3.01. The highest BCUT2D eigenvalue weighted by Gasteiger charge is 2.30. The minimum atomic E-state index is -4.44. The van der Waals surface area contributed by atoms with E-state index in [4.69, 9.17) is 4.74 Å². The Kier molecular flexibility index (Phi) is 5.48. The lowest BCUT2D eigenvalue weighted by atomic mass is 10.0. The van der Waals surface area contributed by atoms with Crippen molar-refractivity contribution in [1.29, 1.82) is 0 Å². The molecule has 1 atom stereocenters. The number of hydrogen-bond donors (Lipinski definition) is 1. The Balaban J connectivity index is 1.60. The highest BCUT2D eigenvalue weighted by atomic mass is 32.2. The molecule has 2 aromatic rings. The molecule has 1 aliphatic heterocycles. The number of alkyl halides is 3. The van der Waals surface area contributed by atoms with Gasteiger partial charge in [0.15, 0.2) is 0 Å². The third-order valence-corrected chi connectivity index (χ3v) is 5.79. The van der Waals surface area contributed by atoms with E-state index in [2.05, 4.69) is 4.72 Å². The molecule has 1 heterocycles. The maximum Gasteiger partial charge on any atom is 0.416 e. The van der Waals surface area contributed by atoms with Gasteiger partial charge in [-0.25, -0.2) is 13.1 Å². The van der Waals surface area contributed by atoms with Crippen molar-refractivity contribution in [2.75, 3.05) is 6.61 Å². The van der Waals surface area contributed by atoms with E-state index in [1.54, 1.807) is 6.92 Å². The molecule has 0 amide bonds. The summed E-state index contributed by atoms with van der Waals surface area (Å²) in [5.74, 6) is 0.502. The number of hydrogen-bond acceptors (Lipinski definition) is 3. The molecule has 0 aromatic heterocycles. The van der Waals surface area contributed by atoms with Crippen LogP contribution in [0.2, 0.25) is 0 Å². The van der Waals surface area contributed by atoms with Gasteiger partial charge in [0.05, 0.1) is 17.9 Å². The first-order valence-electron chi connectivity index (χ1n) is 8.53. The molecule has 146 valence electrons. The van der Waals surface area contributed by atoms with Gasteiger partial charge in [0.2, 0.25) is 10.0 Å². The number of sulfonamides is 1. The minimum absolute atomic E-state index is 0.303. The van der Waals surface area contributed by atoms with Gasteiger partial charge < -0.3 is 4.74 Å². The number of fused-ring (bicyclic) bond motifs is 1. The topological polar surface area (TPSA) is 55.4 Å². The summed E-state index contributed by atoms with van der Waals surface area (Å²) in [5.41, 5.74) is 1.62. The van der Waals surface area contributed by atoms with Gasteiger partial charge in [-0.15, -0.1) is 0 Å². The number of rotatable bonds is 6. The Labute approximate surface area is 156 Å². The highest BCUT2D eigenvalue weighted by molar-refractivity contribution is 7.88. The smallest absolute Gasteiger partial charge is 0.416 e. The zero-order valence-electron chi connectivity index (χ0n) is 14.7. The second kappa shape index (κ2) is 7.52. The molecule has 8 heteroatoms. The summed E-state index contributed by atoms with van der Waals surface area (Å²) in [6.45, 7) is 2.42. The fraction of sp³-hybridized carbons (Fsp3) is 0.368. The van der Waals surface area contributed by atoms with Gasteiger partial charge in [-0.05, 0) is 48.2 Å². The van der Waals surface area contributed by atoms with Gasteiger partial charge in [-0.1, -0.05) is 24.3 Å². The number of halogens is 3. The molecule has 3 rings (SSSR count). The Morgan fingerprint density at radius 2 is 1.78 bits per heavy atom. The van der Waals surface area contributed by atoms with E-state index in [9.17, 15) is 21.6 Å². The zero-order chi connectivity index (χ0) is 19.7. The van der Waals surface area contributed by atoms with E-state index in [1.165, 1.54) is 12.1 Å². The highest BCUT2D eigenvalue weighted by Crippen LogP contribution is 2.29. The van der Waals surface area contributed by atoms with Crippen LogP contribution in [0.1, 0.15) is 29.2 Å². The van der Waals surface area contributed by atoms with Crippen LogP contribution in [0.4, 0.5) is 13.2 Å². The molecular formula is C19H20F3NO3S. The van der Waals surface area contributed by atoms with Crippen molar-refractivity contribution in [1.82, 2.24) is 4.72 Å². The van der Waals surface area contributed by atoms with Crippen LogP contribution in [-0.4, -0.2) is 21.1 Å². The van der Waals surface area contributed by atoms with Crippen molar-refractivity contribution in [2.24, 2.45) is 0 Å². The normalized spacial score (nSPS) is 15.3. The second-order valence-corrected chi connectivity index (χ2v) is 8.47. The number of nitrogens with one attached hydrogen (secondary N) is 1. The molecule has 4 nitrogen and oxygen atoms in total. The molecule has 0 radical (unpaired) electrons. The lowest BCUT2D eigenvalue weighted by Gasteiger charge is -2.15. The predicted molar refractivity (Wildman–Crippen MR) is 96.0 cm³/mol. The summed E-state index contributed by atoms with van der Waals surface area (Å²) in [6, 6.07) is 9.63. The monoisotopic (exact) mass is 399 g/mol. The first-order chi connectivity index (χ1) is 12.6. The number of benzene rings is 2. The van der Waals surface area contributed by atoms with Gasteiger partial charge in [-0.2, -0.15) is 13.2 Å². The number of ether oxygens (including phenoxy) is 1. The largest absolute Gasteiger partial charge is 0.493 e.